The lowest BCUT2D eigenvalue weighted by molar-refractivity contribution is -0.164. The Morgan fingerprint density at radius 2 is 0.730 bits per heavy atom. The highest BCUT2D eigenvalue weighted by Gasteiger charge is 2.37. The fourth-order valence-corrected chi connectivity index (χ4v) is 1.38. The van der Waals surface area contributed by atoms with E-state index in [9.17, 15) is 28.8 Å². The fraction of sp³-hybridized carbons (Fsp3) is 0.280. The van der Waals surface area contributed by atoms with Gasteiger partial charge >= 0.3 is 35.8 Å². The third kappa shape index (κ3) is 21.5. The lowest BCUT2D eigenvalue weighted by atomic mass is 9.92. The fourth-order valence-electron chi connectivity index (χ4n) is 1.38. The lowest BCUT2D eigenvalue weighted by Gasteiger charge is -2.31. The molecule has 0 heterocycles. The van der Waals surface area contributed by atoms with Crippen molar-refractivity contribution in [1.29, 1.82) is 0 Å². The maximum absolute atomic E-state index is 11.3. The molecule has 0 fully saturated rings. The van der Waals surface area contributed by atoms with Crippen LogP contribution < -0.4 is 0 Å². The summed E-state index contributed by atoms with van der Waals surface area (Å²) in [5.74, 6) is -4.91. The molecule has 0 saturated carbocycles. The normalized spacial score (nSPS) is 9.14. The highest BCUT2D eigenvalue weighted by molar-refractivity contribution is 5.85. The van der Waals surface area contributed by atoms with Gasteiger partial charge in [0.25, 0.3) is 0 Å². The number of hydrogen-bond donors (Lipinski definition) is 2. The number of carbonyl (C=O) groups is 6. The van der Waals surface area contributed by atoms with Gasteiger partial charge in [0.05, 0.1) is 0 Å². The van der Waals surface area contributed by atoms with E-state index in [0.29, 0.717) is 0 Å². The lowest BCUT2D eigenvalue weighted by Crippen LogP contribution is -2.43. The van der Waals surface area contributed by atoms with Crippen molar-refractivity contribution in [3.8, 4) is 0 Å². The van der Waals surface area contributed by atoms with Crippen molar-refractivity contribution < 1.29 is 57.9 Å². The van der Waals surface area contributed by atoms with E-state index in [1.807, 2.05) is 0 Å². The molecule has 0 unspecified atom stereocenters. The number of hydrogen-bond acceptors (Lipinski definition) is 10. The van der Waals surface area contributed by atoms with Gasteiger partial charge in [-0.2, -0.15) is 0 Å². The first-order chi connectivity index (χ1) is 17.1. The number of aliphatic carboxylic acids is 2. The molecule has 2 N–H and O–H groups in total. The maximum atomic E-state index is 11.3. The van der Waals surface area contributed by atoms with Gasteiger partial charge in [-0.15, -0.1) is 0 Å². The molecule has 204 valence electrons. The molecule has 0 rings (SSSR count). The molecular weight excluding hydrogens is 492 g/mol. The zero-order valence-corrected chi connectivity index (χ0v) is 20.9. The molecule has 0 amide bonds. The van der Waals surface area contributed by atoms with Crippen molar-refractivity contribution in [3.05, 3.63) is 74.9 Å². The molecule has 0 aliphatic carbocycles. The quantitative estimate of drug-likeness (QED) is 0.192. The zero-order valence-electron chi connectivity index (χ0n) is 20.9. The Morgan fingerprint density at radius 3 is 0.838 bits per heavy atom. The van der Waals surface area contributed by atoms with Gasteiger partial charge in [-0.25, -0.2) is 28.8 Å². The zero-order chi connectivity index (χ0) is 29.6. The third-order valence-corrected chi connectivity index (χ3v) is 3.48. The van der Waals surface area contributed by atoms with E-state index >= 15 is 0 Å². The van der Waals surface area contributed by atoms with E-state index in [1.54, 1.807) is 0 Å². The number of rotatable bonds is 14. The number of carboxylic acid groups (broad SMARTS) is 2. The Hall–Kier alpha value is -4.74. The molecule has 0 saturated heterocycles. The molecule has 37 heavy (non-hydrogen) atoms. The molecule has 12 nitrogen and oxygen atoms in total. The molecule has 0 aromatic carbocycles. The predicted molar refractivity (Wildman–Crippen MR) is 132 cm³/mol. The highest BCUT2D eigenvalue weighted by Crippen LogP contribution is 2.21. The molecule has 0 spiro atoms. The summed E-state index contributed by atoms with van der Waals surface area (Å²) in [4.78, 5) is 64.5. The summed E-state index contributed by atoms with van der Waals surface area (Å²) in [5, 5.41) is 15.8. The predicted octanol–water partition coefficient (Wildman–Crippen LogP) is 2.18. The van der Waals surface area contributed by atoms with Crippen LogP contribution in [-0.2, 0) is 47.7 Å². The Labute approximate surface area is 214 Å². The Balaban J connectivity index is -0.000000790. The number of ether oxygens (including phenoxy) is 4. The highest BCUT2D eigenvalue weighted by atomic mass is 16.6. The summed E-state index contributed by atoms with van der Waals surface area (Å²) >= 11 is 0. The van der Waals surface area contributed by atoms with Gasteiger partial charge in [0.15, 0.2) is 0 Å². The smallest absolute Gasteiger partial charge is 0.330 e. The SMILES string of the molecule is C=C(C)C(=O)O.C=C(C)C(=O)O.C=CC(=O)OCC(COC(=O)C=C)(COC(=O)C=C)COC(=O)C=C. The average Bonchev–Trinajstić information content (AvgIpc) is 2.87. The van der Waals surface area contributed by atoms with Crippen LogP contribution in [0.3, 0.4) is 0 Å². The number of esters is 4. The second-order valence-electron chi connectivity index (χ2n) is 6.92. The van der Waals surface area contributed by atoms with Gasteiger partial charge in [-0.05, 0) is 13.8 Å². The summed E-state index contributed by atoms with van der Waals surface area (Å²) in [7, 11) is 0. The minimum absolute atomic E-state index is 0.176. The molecule has 12 heteroatoms. The second kappa shape index (κ2) is 20.6. The van der Waals surface area contributed by atoms with E-state index < -0.39 is 41.2 Å². The second-order valence-corrected chi connectivity index (χ2v) is 6.92. The van der Waals surface area contributed by atoms with Crippen molar-refractivity contribution >= 4 is 35.8 Å². The first kappa shape index (κ1) is 36.8. The molecule has 0 aromatic heterocycles. The Morgan fingerprint density at radius 1 is 0.568 bits per heavy atom. The standard InChI is InChI=1S/C17H20O8.2C4H6O2/c1-5-13(18)22-9-17(10-23-14(19)6-2,11-24-15(20)7-3)12-25-16(21)8-4;2*1-3(2)4(5)6/h5-8H,1-4,9-12H2;2*1H2,2H3,(H,5,6). The summed E-state index contributed by atoms with van der Waals surface area (Å²) in [6, 6.07) is 0. The topological polar surface area (TPSA) is 180 Å². The van der Waals surface area contributed by atoms with Crippen LogP contribution in [-0.4, -0.2) is 72.5 Å². The molecule has 0 atom stereocenters. The van der Waals surface area contributed by atoms with Crippen LogP contribution in [0.4, 0.5) is 0 Å². The van der Waals surface area contributed by atoms with Gasteiger partial charge in [0.1, 0.15) is 31.8 Å². The number of carboxylic acids is 2. The van der Waals surface area contributed by atoms with Crippen LogP contribution in [0.2, 0.25) is 0 Å². The van der Waals surface area contributed by atoms with Crippen molar-refractivity contribution in [2.24, 2.45) is 5.41 Å². The van der Waals surface area contributed by atoms with Gasteiger partial charge in [-0.3, -0.25) is 0 Å². The Bertz CT molecular complexity index is 761. The van der Waals surface area contributed by atoms with E-state index in [-0.39, 0.29) is 37.6 Å². The molecular formula is C25H32O12. The summed E-state index contributed by atoms with van der Waals surface area (Å²) in [6.45, 7) is 20.7. The van der Waals surface area contributed by atoms with Crippen LogP contribution >= 0.6 is 0 Å². The maximum Gasteiger partial charge on any atom is 0.330 e. The molecule has 0 aliphatic rings. The summed E-state index contributed by atoms with van der Waals surface area (Å²) in [6.07, 6.45) is 3.69. The van der Waals surface area contributed by atoms with Crippen molar-refractivity contribution in [2.75, 3.05) is 26.4 Å². The van der Waals surface area contributed by atoms with E-state index in [2.05, 4.69) is 39.5 Å². The van der Waals surface area contributed by atoms with Gasteiger partial charge in [0, 0.05) is 35.5 Å². The third-order valence-electron chi connectivity index (χ3n) is 3.48. The van der Waals surface area contributed by atoms with Crippen molar-refractivity contribution in [1.82, 2.24) is 0 Å². The van der Waals surface area contributed by atoms with Gasteiger partial charge < -0.3 is 29.2 Å². The Kier molecular flexibility index (Phi) is 20.5. The average molecular weight is 525 g/mol. The minimum Gasteiger partial charge on any atom is -0.478 e. The first-order valence-electron chi connectivity index (χ1n) is 10.1. The first-order valence-corrected chi connectivity index (χ1v) is 10.1. The molecule has 0 bridgehead atoms. The van der Waals surface area contributed by atoms with Crippen LogP contribution in [0.1, 0.15) is 13.8 Å². The van der Waals surface area contributed by atoms with Gasteiger partial charge in [-0.1, -0.05) is 39.5 Å². The monoisotopic (exact) mass is 524 g/mol. The van der Waals surface area contributed by atoms with Crippen molar-refractivity contribution in [3.63, 3.8) is 0 Å². The van der Waals surface area contributed by atoms with Crippen LogP contribution in [0.5, 0.6) is 0 Å². The largest absolute Gasteiger partial charge is 0.478 e. The van der Waals surface area contributed by atoms with Crippen LogP contribution in [0, 0.1) is 5.41 Å². The summed E-state index contributed by atoms with van der Waals surface area (Å²) < 4.78 is 19.8. The summed E-state index contributed by atoms with van der Waals surface area (Å²) in [5.41, 5.74) is -0.987. The van der Waals surface area contributed by atoms with Gasteiger partial charge in [0.2, 0.25) is 0 Å². The van der Waals surface area contributed by atoms with E-state index in [1.165, 1.54) is 13.8 Å². The van der Waals surface area contributed by atoms with Crippen LogP contribution in [0.15, 0.2) is 74.9 Å². The molecule has 0 radical (unpaired) electrons. The van der Waals surface area contributed by atoms with Crippen LogP contribution in [0.25, 0.3) is 0 Å². The minimum atomic E-state index is -1.34. The number of carbonyl (C=O) groups excluding carboxylic acids is 4. The molecule has 0 aliphatic heterocycles. The molecule has 0 aromatic rings. The van der Waals surface area contributed by atoms with E-state index in [0.717, 1.165) is 24.3 Å². The van der Waals surface area contributed by atoms with Crippen molar-refractivity contribution in [2.45, 2.75) is 13.8 Å². The van der Waals surface area contributed by atoms with E-state index in [4.69, 9.17) is 29.2 Å².